The van der Waals surface area contributed by atoms with Gasteiger partial charge in [0, 0.05) is 5.39 Å². The maximum atomic E-state index is 5.41. The van der Waals surface area contributed by atoms with Gasteiger partial charge >= 0.3 is 0 Å². The lowest BCUT2D eigenvalue weighted by atomic mass is 10.4. The molecule has 0 unspecified atom stereocenters. The molecule has 2 aromatic rings. The maximum Gasteiger partial charge on any atom is 0.127 e. The van der Waals surface area contributed by atoms with Crippen LogP contribution in [0.5, 0.6) is 0 Å². The van der Waals surface area contributed by atoms with E-state index in [2.05, 4.69) is 9.97 Å². The quantitative estimate of drug-likeness (QED) is 0.539. The zero-order valence-electron chi connectivity index (χ0n) is 5.52. The van der Waals surface area contributed by atoms with Crippen molar-refractivity contribution in [3.8, 4) is 0 Å². The van der Waals surface area contributed by atoms with Gasteiger partial charge in [-0.05, 0) is 23.4 Å². The molecule has 0 aromatic carbocycles. The highest BCUT2D eigenvalue weighted by atomic mass is 32.2. The summed E-state index contributed by atoms with van der Waals surface area (Å²) in [7, 11) is 0. The second-order valence-electron chi connectivity index (χ2n) is 1.94. The standard InChI is InChI=1S/C6H5N3S2/c7-11-6-4-1-2-10-5(4)8-3-9-6/h1-3H,7H2. The number of fused-ring (bicyclic) bond motifs is 1. The molecular formula is C6H5N3S2. The summed E-state index contributed by atoms with van der Waals surface area (Å²) in [5.74, 6) is 0. The Kier molecular flexibility index (Phi) is 1.77. The molecule has 3 nitrogen and oxygen atoms in total. The third kappa shape index (κ3) is 1.11. The Bertz CT molecular complexity index is 371. The minimum atomic E-state index is 0.844. The van der Waals surface area contributed by atoms with E-state index >= 15 is 0 Å². The molecule has 56 valence electrons. The molecule has 0 radical (unpaired) electrons. The van der Waals surface area contributed by atoms with Crippen LogP contribution in [0.25, 0.3) is 10.2 Å². The van der Waals surface area contributed by atoms with Crippen molar-refractivity contribution < 1.29 is 0 Å². The number of rotatable bonds is 1. The van der Waals surface area contributed by atoms with E-state index in [4.69, 9.17) is 5.14 Å². The molecule has 11 heavy (non-hydrogen) atoms. The van der Waals surface area contributed by atoms with Gasteiger partial charge in [0.05, 0.1) is 0 Å². The fourth-order valence-electron chi connectivity index (χ4n) is 0.861. The lowest BCUT2D eigenvalue weighted by Gasteiger charge is -1.93. The van der Waals surface area contributed by atoms with E-state index in [1.165, 1.54) is 6.33 Å². The van der Waals surface area contributed by atoms with Gasteiger partial charge in [-0.3, -0.25) is 5.14 Å². The van der Waals surface area contributed by atoms with Crippen molar-refractivity contribution in [1.29, 1.82) is 0 Å². The summed E-state index contributed by atoms with van der Waals surface area (Å²) < 4.78 is 0. The average molecular weight is 183 g/mol. The number of hydrogen-bond acceptors (Lipinski definition) is 5. The van der Waals surface area contributed by atoms with E-state index in [1.807, 2.05) is 11.4 Å². The Hall–Kier alpha value is -0.650. The lowest BCUT2D eigenvalue weighted by Crippen LogP contribution is -1.85. The van der Waals surface area contributed by atoms with E-state index in [0.29, 0.717) is 0 Å². The van der Waals surface area contributed by atoms with Crippen molar-refractivity contribution in [3.05, 3.63) is 17.8 Å². The van der Waals surface area contributed by atoms with Crippen LogP contribution in [-0.4, -0.2) is 9.97 Å². The molecule has 2 N–H and O–H groups in total. The van der Waals surface area contributed by atoms with E-state index in [-0.39, 0.29) is 0 Å². The van der Waals surface area contributed by atoms with Crippen molar-refractivity contribution in [2.24, 2.45) is 5.14 Å². The number of nitrogens with zero attached hydrogens (tertiary/aromatic N) is 2. The Morgan fingerprint density at radius 2 is 2.36 bits per heavy atom. The number of aromatic nitrogens is 2. The molecule has 0 fully saturated rings. The summed E-state index contributed by atoms with van der Waals surface area (Å²) in [4.78, 5) is 9.11. The number of nitrogens with two attached hydrogens (primary N) is 1. The molecule has 0 saturated carbocycles. The van der Waals surface area contributed by atoms with Gasteiger partial charge in [-0.2, -0.15) is 0 Å². The van der Waals surface area contributed by atoms with Crippen molar-refractivity contribution in [3.63, 3.8) is 0 Å². The molecule has 0 saturated heterocycles. The fourth-order valence-corrected chi connectivity index (χ4v) is 2.06. The number of thiophene rings is 1. The van der Waals surface area contributed by atoms with Gasteiger partial charge in [-0.25, -0.2) is 9.97 Å². The molecule has 0 aliphatic rings. The monoisotopic (exact) mass is 183 g/mol. The van der Waals surface area contributed by atoms with Crippen LogP contribution in [0.4, 0.5) is 0 Å². The molecule has 0 atom stereocenters. The average Bonchev–Trinajstić information content (AvgIpc) is 2.50. The third-order valence-electron chi connectivity index (χ3n) is 1.34. The highest BCUT2D eigenvalue weighted by Gasteiger charge is 2.01. The molecule has 2 aromatic heterocycles. The zero-order valence-corrected chi connectivity index (χ0v) is 7.15. The lowest BCUT2D eigenvalue weighted by molar-refractivity contribution is 1.11. The van der Waals surface area contributed by atoms with Crippen molar-refractivity contribution >= 4 is 33.5 Å². The van der Waals surface area contributed by atoms with Gasteiger partial charge < -0.3 is 0 Å². The summed E-state index contributed by atoms with van der Waals surface area (Å²) in [5.41, 5.74) is 0. The zero-order chi connectivity index (χ0) is 7.68. The van der Waals surface area contributed by atoms with Crippen LogP contribution in [0, 0.1) is 0 Å². The topological polar surface area (TPSA) is 51.8 Å². The van der Waals surface area contributed by atoms with E-state index in [1.54, 1.807) is 11.3 Å². The first-order chi connectivity index (χ1) is 5.42. The summed E-state index contributed by atoms with van der Waals surface area (Å²) in [5, 5.41) is 9.28. The molecule has 0 aliphatic heterocycles. The molecule has 0 spiro atoms. The van der Waals surface area contributed by atoms with E-state index in [0.717, 1.165) is 27.2 Å². The first-order valence-corrected chi connectivity index (χ1v) is 4.72. The normalized spacial score (nSPS) is 10.6. The van der Waals surface area contributed by atoms with Crippen LogP contribution in [0.2, 0.25) is 0 Å². The van der Waals surface area contributed by atoms with E-state index < -0.39 is 0 Å². The fraction of sp³-hybridized carbons (Fsp3) is 0. The second kappa shape index (κ2) is 2.77. The van der Waals surface area contributed by atoms with Gasteiger partial charge in [0.15, 0.2) is 0 Å². The SMILES string of the molecule is NSc1ncnc2sccc12. The summed E-state index contributed by atoms with van der Waals surface area (Å²) in [6, 6.07) is 1.98. The molecule has 5 heteroatoms. The minimum absolute atomic E-state index is 0.844. The Balaban J connectivity index is 2.79. The van der Waals surface area contributed by atoms with Crippen LogP contribution < -0.4 is 5.14 Å². The predicted octanol–water partition coefficient (Wildman–Crippen LogP) is 1.66. The Morgan fingerprint density at radius 3 is 3.18 bits per heavy atom. The summed E-state index contributed by atoms with van der Waals surface area (Å²) >= 11 is 2.76. The largest absolute Gasteiger partial charge is 0.272 e. The summed E-state index contributed by atoms with van der Waals surface area (Å²) in [6.45, 7) is 0. The van der Waals surface area contributed by atoms with Gasteiger partial charge in [0.25, 0.3) is 0 Å². The van der Waals surface area contributed by atoms with Gasteiger partial charge in [0.2, 0.25) is 0 Å². The molecular weight excluding hydrogens is 178 g/mol. The second-order valence-corrected chi connectivity index (χ2v) is 3.45. The van der Waals surface area contributed by atoms with Crippen molar-refractivity contribution in [1.82, 2.24) is 9.97 Å². The van der Waals surface area contributed by atoms with Crippen LogP contribution in [0.15, 0.2) is 22.8 Å². The van der Waals surface area contributed by atoms with Gasteiger partial charge in [-0.15, -0.1) is 11.3 Å². The molecule has 0 bridgehead atoms. The first kappa shape index (κ1) is 7.02. The predicted molar refractivity (Wildman–Crippen MR) is 47.5 cm³/mol. The van der Waals surface area contributed by atoms with E-state index in [9.17, 15) is 0 Å². The molecule has 0 amide bonds. The highest BCUT2D eigenvalue weighted by molar-refractivity contribution is 7.97. The smallest absolute Gasteiger partial charge is 0.127 e. The van der Waals surface area contributed by atoms with Crippen LogP contribution in [0.3, 0.4) is 0 Å². The highest BCUT2D eigenvalue weighted by Crippen LogP contribution is 2.24. The molecule has 0 aliphatic carbocycles. The minimum Gasteiger partial charge on any atom is -0.272 e. The Labute approximate surface area is 71.8 Å². The Morgan fingerprint density at radius 1 is 1.45 bits per heavy atom. The maximum absolute atomic E-state index is 5.41. The van der Waals surface area contributed by atoms with Crippen molar-refractivity contribution in [2.75, 3.05) is 0 Å². The molecule has 2 rings (SSSR count). The van der Waals surface area contributed by atoms with Crippen molar-refractivity contribution in [2.45, 2.75) is 5.03 Å². The van der Waals surface area contributed by atoms with Gasteiger partial charge in [-0.1, -0.05) is 0 Å². The molecule has 2 heterocycles. The van der Waals surface area contributed by atoms with Crippen LogP contribution in [0.1, 0.15) is 0 Å². The van der Waals surface area contributed by atoms with Crippen LogP contribution in [-0.2, 0) is 0 Å². The summed E-state index contributed by atoms with van der Waals surface area (Å²) in [6.07, 6.45) is 1.54. The van der Waals surface area contributed by atoms with Gasteiger partial charge in [0.1, 0.15) is 16.2 Å². The number of hydrogen-bond donors (Lipinski definition) is 1. The van der Waals surface area contributed by atoms with Crippen LogP contribution >= 0.6 is 23.3 Å². The third-order valence-corrected chi connectivity index (χ3v) is 2.71. The first-order valence-electron chi connectivity index (χ1n) is 2.97.